The molecule has 0 fully saturated rings. The van der Waals surface area contributed by atoms with Crippen LogP contribution in [0.2, 0.25) is 4.34 Å². The molecule has 0 aliphatic rings. The van der Waals surface area contributed by atoms with Crippen molar-refractivity contribution in [1.82, 2.24) is 9.47 Å². The number of amides is 1. The van der Waals surface area contributed by atoms with E-state index >= 15 is 0 Å². The second-order valence-electron chi connectivity index (χ2n) is 4.72. The van der Waals surface area contributed by atoms with Crippen LogP contribution in [-0.2, 0) is 17.9 Å². The zero-order chi connectivity index (χ0) is 17.0. The minimum Gasteiger partial charge on any atom is -0.336 e. The van der Waals surface area contributed by atoms with E-state index < -0.39 is 10.5 Å². The standard InChI is InChI=1S/C14H14ClN3O4S/c1-2-16(8-11-4-5-12(15)23-11)14(20)9-17-7-10(18(21)22)3-6-13(17)19/h3-7H,2,8-9H2,1H3. The van der Waals surface area contributed by atoms with Gasteiger partial charge in [0.1, 0.15) is 6.54 Å². The maximum Gasteiger partial charge on any atom is 0.285 e. The summed E-state index contributed by atoms with van der Waals surface area (Å²) in [5.74, 6) is -0.292. The molecule has 0 aliphatic heterocycles. The van der Waals surface area contributed by atoms with Crippen LogP contribution in [0.25, 0.3) is 0 Å². The van der Waals surface area contributed by atoms with Crippen molar-refractivity contribution in [2.24, 2.45) is 0 Å². The molecule has 23 heavy (non-hydrogen) atoms. The fourth-order valence-electron chi connectivity index (χ4n) is 2.00. The number of hydrogen-bond donors (Lipinski definition) is 0. The van der Waals surface area contributed by atoms with Crippen LogP contribution >= 0.6 is 22.9 Å². The van der Waals surface area contributed by atoms with Crippen molar-refractivity contribution in [3.8, 4) is 0 Å². The van der Waals surface area contributed by atoms with E-state index in [4.69, 9.17) is 11.6 Å². The first-order valence-electron chi connectivity index (χ1n) is 6.77. The first-order chi connectivity index (χ1) is 10.9. The molecule has 2 aromatic heterocycles. The summed E-state index contributed by atoms with van der Waals surface area (Å²) in [6.45, 7) is 2.42. The second-order valence-corrected chi connectivity index (χ2v) is 6.52. The quantitative estimate of drug-likeness (QED) is 0.588. The number of hydrogen-bond acceptors (Lipinski definition) is 5. The Kier molecular flexibility index (Phi) is 5.51. The van der Waals surface area contributed by atoms with Gasteiger partial charge < -0.3 is 4.90 Å². The van der Waals surface area contributed by atoms with Crippen LogP contribution < -0.4 is 5.56 Å². The number of halogens is 1. The lowest BCUT2D eigenvalue weighted by Gasteiger charge is -2.20. The lowest BCUT2D eigenvalue weighted by atomic mass is 10.3. The van der Waals surface area contributed by atoms with Gasteiger partial charge in [-0.2, -0.15) is 0 Å². The van der Waals surface area contributed by atoms with E-state index in [9.17, 15) is 19.7 Å². The summed E-state index contributed by atoms with van der Waals surface area (Å²) >= 11 is 7.25. The number of thiophene rings is 1. The largest absolute Gasteiger partial charge is 0.336 e. The van der Waals surface area contributed by atoms with Gasteiger partial charge in [-0.05, 0) is 19.1 Å². The number of nitro groups is 1. The zero-order valence-corrected chi connectivity index (χ0v) is 13.8. The number of carbonyl (C=O) groups is 1. The van der Waals surface area contributed by atoms with Gasteiger partial charge in [-0.25, -0.2) is 0 Å². The SMILES string of the molecule is CCN(Cc1ccc(Cl)s1)C(=O)Cn1cc([N+](=O)[O-])ccc1=O. The topological polar surface area (TPSA) is 85.4 Å². The van der Waals surface area contributed by atoms with E-state index in [0.29, 0.717) is 17.4 Å². The Balaban J connectivity index is 2.14. The Hall–Kier alpha value is -2.19. The lowest BCUT2D eigenvalue weighted by molar-refractivity contribution is -0.385. The van der Waals surface area contributed by atoms with Gasteiger partial charge in [0.2, 0.25) is 5.91 Å². The minimum absolute atomic E-state index is 0.231. The first-order valence-corrected chi connectivity index (χ1v) is 7.97. The van der Waals surface area contributed by atoms with Crippen LogP contribution in [0.5, 0.6) is 0 Å². The van der Waals surface area contributed by atoms with Gasteiger partial charge in [0.05, 0.1) is 22.0 Å². The third-order valence-electron chi connectivity index (χ3n) is 3.19. The van der Waals surface area contributed by atoms with Crippen molar-refractivity contribution in [2.75, 3.05) is 6.54 Å². The summed E-state index contributed by atoms with van der Waals surface area (Å²) < 4.78 is 1.68. The molecule has 9 heteroatoms. The molecule has 2 rings (SSSR count). The highest BCUT2D eigenvalue weighted by Gasteiger charge is 2.16. The number of likely N-dealkylation sites (N-methyl/N-ethyl adjacent to an activating group) is 1. The van der Waals surface area contributed by atoms with Gasteiger partial charge >= 0.3 is 0 Å². The molecule has 2 heterocycles. The molecule has 1 amide bonds. The molecule has 0 radical (unpaired) electrons. The number of rotatable bonds is 6. The first kappa shape index (κ1) is 17.2. The highest BCUT2D eigenvalue weighted by Crippen LogP contribution is 2.22. The van der Waals surface area contributed by atoms with Gasteiger partial charge in [0.25, 0.3) is 11.2 Å². The summed E-state index contributed by atoms with van der Waals surface area (Å²) in [6, 6.07) is 5.79. The van der Waals surface area contributed by atoms with Gasteiger partial charge in [0, 0.05) is 23.6 Å². The van der Waals surface area contributed by atoms with Crippen molar-refractivity contribution >= 4 is 34.5 Å². The van der Waals surface area contributed by atoms with Crippen molar-refractivity contribution in [1.29, 1.82) is 0 Å². The van der Waals surface area contributed by atoms with Crippen LogP contribution in [-0.4, -0.2) is 26.8 Å². The summed E-state index contributed by atoms with van der Waals surface area (Å²) in [7, 11) is 0. The molecule has 122 valence electrons. The van der Waals surface area contributed by atoms with E-state index in [-0.39, 0.29) is 18.1 Å². The smallest absolute Gasteiger partial charge is 0.285 e. The number of pyridine rings is 1. The highest BCUT2D eigenvalue weighted by atomic mass is 35.5. The van der Waals surface area contributed by atoms with E-state index in [2.05, 4.69) is 0 Å². The molecule has 0 bridgehead atoms. The third-order valence-corrected chi connectivity index (χ3v) is 4.41. The molecule has 0 spiro atoms. The molecule has 0 atom stereocenters. The van der Waals surface area contributed by atoms with E-state index in [0.717, 1.165) is 27.8 Å². The van der Waals surface area contributed by atoms with E-state index in [1.54, 1.807) is 11.0 Å². The van der Waals surface area contributed by atoms with Crippen molar-refractivity contribution in [3.05, 3.63) is 60.1 Å². The molecular formula is C14H14ClN3O4S. The fraction of sp³-hybridized carbons (Fsp3) is 0.286. The Morgan fingerprint density at radius 2 is 2.13 bits per heavy atom. The summed E-state index contributed by atoms with van der Waals surface area (Å²) in [4.78, 5) is 36.8. The molecule has 0 saturated carbocycles. The van der Waals surface area contributed by atoms with Crippen LogP contribution in [0.3, 0.4) is 0 Å². The molecule has 0 aliphatic carbocycles. The fourth-order valence-corrected chi connectivity index (χ4v) is 3.10. The number of nitrogens with zero attached hydrogens (tertiary/aromatic N) is 3. The van der Waals surface area contributed by atoms with Crippen molar-refractivity contribution in [3.63, 3.8) is 0 Å². The summed E-state index contributed by atoms with van der Waals surface area (Å²) in [5, 5.41) is 10.8. The molecule has 0 aromatic carbocycles. The highest BCUT2D eigenvalue weighted by molar-refractivity contribution is 7.16. The normalized spacial score (nSPS) is 10.5. The lowest BCUT2D eigenvalue weighted by Crippen LogP contribution is -2.35. The van der Waals surface area contributed by atoms with Crippen molar-refractivity contribution in [2.45, 2.75) is 20.0 Å². The monoisotopic (exact) mass is 355 g/mol. The molecule has 0 N–H and O–H groups in total. The Morgan fingerprint density at radius 3 is 2.70 bits per heavy atom. The van der Waals surface area contributed by atoms with Gasteiger partial charge in [-0.3, -0.25) is 24.3 Å². The number of carbonyl (C=O) groups excluding carboxylic acids is 1. The van der Waals surface area contributed by atoms with E-state index in [1.807, 2.05) is 13.0 Å². The van der Waals surface area contributed by atoms with Gasteiger partial charge in [-0.15, -0.1) is 11.3 Å². The molecule has 2 aromatic rings. The third kappa shape index (κ3) is 4.40. The maximum atomic E-state index is 12.4. The van der Waals surface area contributed by atoms with E-state index in [1.165, 1.54) is 11.3 Å². The van der Waals surface area contributed by atoms with Crippen molar-refractivity contribution < 1.29 is 9.72 Å². The maximum absolute atomic E-state index is 12.4. The second kappa shape index (κ2) is 7.38. The molecule has 7 nitrogen and oxygen atoms in total. The molecule has 0 unspecified atom stereocenters. The van der Waals surface area contributed by atoms with Crippen LogP contribution in [0.15, 0.2) is 35.3 Å². The van der Waals surface area contributed by atoms with Gasteiger partial charge in [-0.1, -0.05) is 11.6 Å². The van der Waals surface area contributed by atoms with Crippen LogP contribution in [0.4, 0.5) is 5.69 Å². The molecular weight excluding hydrogens is 342 g/mol. The number of aromatic nitrogens is 1. The minimum atomic E-state index is -0.606. The predicted molar refractivity (Wildman–Crippen MR) is 87.8 cm³/mol. The summed E-state index contributed by atoms with van der Waals surface area (Å²) in [5.41, 5.74) is -0.690. The summed E-state index contributed by atoms with van der Waals surface area (Å²) in [6.07, 6.45) is 1.08. The Labute approximate surface area is 140 Å². The predicted octanol–water partition coefficient (Wildman–Crippen LogP) is 2.52. The average Bonchev–Trinajstić information content (AvgIpc) is 2.91. The zero-order valence-electron chi connectivity index (χ0n) is 12.3. The average molecular weight is 356 g/mol. The van der Waals surface area contributed by atoms with Gasteiger partial charge in [0.15, 0.2) is 0 Å². The molecule has 0 saturated heterocycles. The Morgan fingerprint density at radius 1 is 1.39 bits per heavy atom. The Bertz CT molecular complexity index is 786. The van der Waals surface area contributed by atoms with Crippen LogP contribution in [0.1, 0.15) is 11.8 Å². The van der Waals surface area contributed by atoms with Crippen LogP contribution in [0, 0.1) is 10.1 Å².